The Hall–Kier alpha value is -2.93. The average Bonchev–Trinajstić information content (AvgIpc) is 3.17. The minimum Gasteiger partial charge on any atom is -0.497 e. The SMILES string of the molecule is COc1ccc(-c2nc3c4c(C)c(C)n(CCO)c4ncn3n2)cc1. The van der Waals surface area contributed by atoms with E-state index in [2.05, 4.69) is 17.0 Å². The molecule has 0 saturated heterocycles. The van der Waals surface area contributed by atoms with Crippen LogP contribution in [0.2, 0.25) is 0 Å². The van der Waals surface area contributed by atoms with Gasteiger partial charge in [0.2, 0.25) is 0 Å². The first-order chi connectivity index (χ1) is 12.1. The summed E-state index contributed by atoms with van der Waals surface area (Å²) in [4.78, 5) is 9.27. The van der Waals surface area contributed by atoms with Gasteiger partial charge >= 0.3 is 0 Å². The monoisotopic (exact) mass is 337 g/mol. The van der Waals surface area contributed by atoms with E-state index in [0.29, 0.717) is 12.4 Å². The first kappa shape index (κ1) is 15.6. The fourth-order valence-corrected chi connectivity index (χ4v) is 3.17. The molecule has 128 valence electrons. The number of methoxy groups -OCH3 is 1. The number of hydrogen-bond acceptors (Lipinski definition) is 5. The van der Waals surface area contributed by atoms with Crippen LogP contribution in [-0.2, 0) is 6.54 Å². The summed E-state index contributed by atoms with van der Waals surface area (Å²) in [6.45, 7) is 4.67. The van der Waals surface area contributed by atoms with Crippen LogP contribution in [0.25, 0.3) is 28.1 Å². The molecule has 4 aromatic rings. The number of ether oxygens (including phenoxy) is 1. The van der Waals surface area contributed by atoms with Gasteiger partial charge in [-0.15, -0.1) is 5.10 Å². The molecule has 0 bridgehead atoms. The van der Waals surface area contributed by atoms with Crippen LogP contribution in [0.1, 0.15) is 11.3 Å². The van der Waals surface area contributed by atoms with Gasteiger partial charge in [0.1, 0.15) is 17.7 Å². The Morgan fingerprint density at radius 3 is 2.56 bits per heavy atom. The molecule has 0 aliphatic rings. The van der Waals surface area contributed by atoms with Gasteiger partial charge in [-0.25, -0.2) is 14.5 Å². The summed E-state index contributed by atoms with van der Waals surface area (Å²) in [5, 5.41) is 14.9. The average molecular weight is 337 g/mol. The summed E-state index contributed by atoms with van der Waals surface area (Å²) >= 11 is 0. The minimum absolute atomic E-state index is 0.0701. The molecule has 3 aromatic heterocycles. The van der Waals surface area contributed by atoms with Gasteiger partial charge < -0.3 is 14.4 Å². The van der Waals surface area contributed by atoms with E-state index in [4.69, 9.17) is 9.72 Å². The Bertz CT molecular complexity index is 1060. The number of fused-ring (bicyclic) bond motifs is 3. The van der Waals surface area contributed by atoms with Gasteiger partial charge in [0.05, 0.1) is 19.1 Å². The van der Waals surface area contributed by atoms with Crippen molar-refractivity contribution in [3.05, 3.63) is 41.9 Å². The number of hydrogen-bond donors (Lipinski definition) is 1. The number of aryl methyl sites for hydroxylation is 1. The standard InChI is InChI=1S/C18H19N5O2/c1-11-12(2)22(8-9-24)17-15(11)18-20-16(21-23(18)10-19-17)13-4-6-14(25-3)7-5-13/h4-7,10,24H,8-9H2,1-3H3. The number of aliphatic hydroxyl groups is 1. The van der Waals surface area contributed by atoms with Crippen molar-refractivity contribution in [2.45, 2.75) is 20.4 Å². The van der Waals surface area contributed by atoms with Gasteiger partial charge in [0, 0.05) is 17.8 Å². The van der Waals surface area contributed by atoms with Gasteiger partial charge in [0.15, 0.2) is 11.5 Å². The molecule has 0 spiro atoms. The summed E-state index contributed by atoms with van der Waals surface area (Å²) in [7, 11) is 1.64. The Kier molecular flexibility index (Phi) is 3.65. The minimum atomic E-state index is 0.0701. The molecule has 0 radical (unpaired) electrons. The molecule has 25 heavy (non-hydrogen) atoms. The quantitative estimate of drug-likeness (QED) is 0.618. The largest absolute Gasteiger partial charge is 0.497 e. The van der Waals surface area contributed by atoms with Crippen LogP contribution in [0.3, 0.4) is 0 Å². The number of benzene rings is 1. The molecule has 4 rings (SSSR count). The molecule has 0 fully saturated rings. The maximum absolute atomic E-state index is 9.33. The second kappa shape index (κ2) is 5.86. The van der Waals surface area contributed by atoms with Gasteiger partial charge in [-0.05, 0) is 43.7 Å². The second-order valence-corrected chi connectivity index (χ2v) is 5.96. The van der Waals surface area contributed by atoms with Crippen molar-refractivity contribution in [1.82, 2.24) is 24.1 Å². The summed E-state index contributed by atoms with van der Waals surface area (Å²) in [5.41, 5.74) is 4.70. The van der Waals surface area contributed by atoms with Crippen molar-refractivity contribution >= 4 is 16.7 Å². The predicted octanol–water partition coefficient (Wildman–Crippen LogP) is 2.36. The first-order valence-corrected chi connectivity index (χ1v) is 8.10. The molecule has 1 N–H and O–H groups in total. The Balaban J connectivity index is 1.93. The molecular weight excluding hydrogens is 318 g/mol. The van der Waals surface area contributed by atoms with Gasteiger partial charge in [-0.1, -0.05) is 0 Å². The number of aliphatic hydroxyl groups excluding tert-OH is 1. The van der Waals surface area contributed by atoms with E-state index in [0.717, 1.165) is 39.3 Å². The van der Waals surface area contributed by atoms with E-state index in [9.17, 15) is 5.11 Å². The van der Waals surface area contributed by atoms with Crippen molar-refractivity contribution in [1.29, 1.82) is 0 Å². The van der Waals surface area contributed by atoms with Crippen molar-refractivity contribution < 1.29 is 9.84 Å². The predicted molar refractivity (Wildman–Crippen MR) is 94.8 cm³/mol. The van der Waals surface area contributed by atoms with Gasteiger partial charge in [0.25, 0.3) is 0 Å². The zero-order chi connectivity index (χ0) is 17.6. The van der Waals surface area contributed by atoms with Crippen LogP contribution in [0, 0.1) is 13.8 Å². The highest BCUT2D eigenvalue weighted by molar-refractivity contribution is 5.94. The first-order valence-electron chi connectivity index (χ1n) is 8.10. The third-order valence-electron chi connectivity index (χ3n) is 4.62. The van der Waals surface area contributed by atoms with E-state index in [1.807, 2.05) is 35.8 Å². The molecule has 7 heteroatoms. The third-order valence-corrected chi connectivity index (χ3v) is 4.62. The van der Waals surface area contributed by atoms with Crippen molar-refractivity contribution in [3.63, 3.8) is 0 Å². The third kappa shape index (κ3) is 2.35. The van der Waals surface area contributed by atoms with E-state index in [1.54, 1.807) is 18.0 Å². The fraction of sp³-hybridized carbons (Fsp3) is 0.278. The highest BCUT2D eigenvalue weighted by atomic mass is 16.5. The van der Waals surface area contributed by atoms with Gasteiger partial charge in [-0.2, -0.15) is 0 Å². The zero-order valence-electron chi connectivity index (χ0n) is 14.4. The zero-order valence-corrected chi connectivity index (χ0v) is 14.4. The summed E-state index contributed by atoms with van der Waals surface area (Å²) in [6, 6.07) is 7.66. The molecule has 0 atom stereocenters. The van der Waals surface area contributed by atoms with Crippen LogP contribution >= 0.6 is 0 Å². The Labute approximate surface area is 144 Å². The smallest absolute Gasteiger partial charge is 0.182 e. The number of nitrogens with zero attached hydrogens (tertiary/aromatic N) is 5. The molecule has 0 aliphatic heterocycles. The lowest BCUT2D eigenvalue weighted by Gasteiger charge is -2.04. The van der Waals surface area contributed by atoms with Crippen LogP contribution in [-0.4, -0.2) is 43.0 Å². The van der Waals surface area contributed by atoms with E-state index < -0.39 is 0 Å². The maximum atomic E-state index is 9.33. The molecular formula is C18H19N5O2. The normalized spacial score (nSPS) is 11.5. The second-order valence-electron chi connectivity index (χ2n) is 5.96. The van der Waals surface area contributed by atoms with Crippen molar-refractivity contribution in [3.8, 4) is 17.1 Å². The van der Waals surface area contributed by atoms with Crippen LogP contribution in [0.4, 0.5) is 0 Å². The van der Waals surface area contributed by atoms with E-state index in [1.165, 1.54) is 0 Å². The molecule has 3 heterocycles. The summed E-state index contributed by atoms with van der Waals surface area (Å²) < 4.78 is 8.92. The lowest BCUT2D eigenvalue weighted by atomic mass is 10.2. The maximum Gasteiger partial charge on any atom is 0.182 e. The Morgan fingerprint density at radius 1 is 1.12 bits per heavy atom. The van der Waals surface area contributed by atoms with Gasteiger partial charge in [-0.3, -0.25) is 0 Å². The molecule has 0 unspecified atom stereocenters. The highest BCUT2D eigenvalue weighted by Gasteiger charge is 2.18. The Morgan fingerprint density at radius 2 is 1.88 bits per heavy atom. The lowest BCUT2D eigenvalue weighted by molar-refractivity contribution is 0.276. The molecule has 0 saturated carbocycles. The molecule has 0 aliphatic carbocycles. The van der Waals surface area contributed by atoms with Crippen LogP contribution in [0.15, 0.2) is 30.6 Å². The molecule has 0 amide bonds. The molecule has 7 nitrogen and oxygen atoms in total. The number of aromatic nitrogens is 5. The van der Waals surface area contributed by atoms with Crippen molar-refractivity contribution in [2.75, 3.05) is 13.7 Å². The summed E-state index contributed by atoms with van der Waals surface area (Å²) in [6.07, 6.45) is 1.67. The van der Waals surface area contributed by atoms with E-state index >= 15 is 0 Å². The topological polar surface area (TPSA) is 77.5 Å². The number of rotatable bonds is 4. The summed E-state index contributed by atoms with van der Waals surface area (Å²) in [5.74, 6) is 1.44. The van der Waals surface area contributed by atoms with Crippen LogP contribution in [0.5, 0.6) is 5.75 Å². The lowest BCUT2D eigenvalue weighted by Crippen LogP contribution is -2.05. The highest BCUT2D eigenvalue weighted by Crippen LogP contribution is 2.28. The van der Waals surface area contributed by atoms with Crippen LogP contribution < -0.4 is 4.74 Å². The fourth-order valence-electron chi connectivity index (χ4n) is 3.17. The van der Waals surface area contributed by atoms with Crippen molar-refractivity contribution in [2.24, 2.45) is 0 Å². The van der Waals surface area contributed by atoms with E-state index in [-0.39, 0.29) is 6.61 Å². The molecule has 1 aromatic carbocycles.